The van der Waals surface area contributed by atoms with Gasteiger partial charge >= 0.3 is 0 Å². The van der Waals surface area contributed by atoms with Crippen LogP contribution in [0.2, 0.25) is 0 Å². The van der Waals surface area contributed by atoms with Gasteiger partial charge in [-0.2, -0.15) is 0 Å². The predicted octanol–water partition coefficient (Wildman–Crippen LogP) is 1.04. The van der Waals surface area contributed by atoms with Crippen molar-refractivity contribution in [1.82, 2.24) is 5.32 Å². The fourth-order valence-electron chi connectivity index (χ4n) is 1.38. The molecule has 0 atom stereocenters. The Morgan fingerprint density at radius 2 is 2.20 bits per heavy atom. The van der Waals surface area contributed by atoms with E-state index < -0.39 is 0 Å². The highest BCUT2D eigenvalue weighted by Crippen LogP contribution is 2.28. The lowest BCUT2D eigenvalue weighted by atomic mass is 9.90. The van der Waals surface area contributed by atoms with Gasteiger partial charge in [0, 0.05) is 12.2 Å². The zero-order valence-corrected chi connectivity index (χ0v) is 6.15. The van der Waals surface area contributed by atoms with Gasteiger partial charge in [0.25, 0.3) is 0 Å². The van der Waals surface area contributed by atoms with Crippen LogP contribution in [0.5, 0.6) is 0 Å². The van der Waals surface area contributed by atoms with Crippen molar-refractivity contribution in [3.8, 4) is 0 Å². The molecule has 2 rings (SSSR count). The van der Waals surface area contributed by atoms with E-state index in [0.717, 1.165) is 19.8 Å². The smallest absolute Gasteiger partial charge is 0.0862 e. The van der Waals surface area contributed by atoms with E-state index in [1.807, 2.05) is 0 Å². The summed E-state index contributed by atoms with van der Waals surface area (Å²) in [7, 11) is 0. The van der Waals surface area contributed by atoms with Gasteiger partial charge in [0.15, 0.2) is 0 Å². The SMILES string of the molecule is C1CC(=C2COCCN2)C1. The Labute approximate surface area is 61.3 Å². The van der Waals surface area contributed by atoms with Crippen molar-refractivity contribution in [2.75, 3.05) is 19.8 Å². The molecule has 1 saturated heterocycles. The summed E-state index contributed by atoms with van der Waals surface area (Å²) in [6.07, 6.45) is 3.97. The Hall–Kier alpha value is -0.500. The lowest BCUT2D eigenvalue weighted by Crippen LogP contribution is -2.31. The Morgan fingerprint density at radius 1 is 1.30 bits per heavy atom. The largest absolute Gasteiger partial charge is 0.384 e. The topological polar surface area (TPSA) is 21.3 Å². The van der Waals surface area contributed by atoms with Crippen LogP contribution in [0.15, 0.2) is 11.3 Å². The summed E-state index contributed by atoms with van der Waals surface area (Å²) >= 11 is 0. The van der Waals surface area contributed by atoms with E-state index in [1.54, 1.807) is 5.57 Å². The van der Waals surface area contributed by atoms with Crippen LogP contribution in [0.4, 0.5) is 0 Å². The van der Waals surface area contributed by atoms with Crippen molar-refractivity contribution in [2.45, 2.75) is 19.3 Å². The lowest BCUT2D eigenvalue weighted by Gasteiger charge is -2.26. The molecule has 0 spiro atoms. The summed E-state index contributed by atoms with van der Waals surface area (Å²) in [5, 5.41) is 3.38. The van der Waals surface area contributed by atoms with Gasteiger partial charge in [-0.3, -0.25) is 0 Å². The highest BCUT2D eigenvalue weighted by Gasteiger charge is 2.15. The van der Waals surface area contributed by atoms with Crippen LogP contribution < -0.4 is 5.32 Å². The van der Waals surface area contributed by atoms with Crippen LogP contribution in [0, 0.1) is 0 Å². The average Bonchev–Trinajstić information content (AvgIpc) is 1.86. The molecule has 10 heavy (non-hydrogen) atoms. The zero-order chi connectivity index (χ0) is 6.81. The van der Waals surface area contributed by atoms with Crippen molar-refractivity contribution in [2.24, 2.45) is 0 Å². The summed E-state index contributed by atoms with van der Waals surface area (Å²) in [4.78, 5) is 0. The van der Waals surface area contributed by atoms with Gasteiger partial charge in [0.1, 0.15) is 0 Å². The summed E-state index contributed by atoms with van der Waals surface area (Å²) in [5.74, 6) is 0. The van der Waals surface area contributed by atoms with Crippen LogP contribution in [-0.2, 0) is 4.74 Å². The lowest BCUT2D eigenvalue weighted by molar-refractivity contribution is 0.130. The highest BCUT2D eigenvalue weighted by atomic mass is 16.5. The minimum Gasteiger partial charge on any atom is -0.384 e. The van der Waals surface area contributed by atoms with Crippen molar-refractivity contribution < 1.29 is 4.74 Å². The first-order valence-corrected chi connectivity index (χ1v) is 3.99. The second kappa shape index (κ2) is 2.62. The molecule has 0 unspecified atom stereocenters. The van der Waals surface area contributed by atoms with E-state index in [9.17, 15) is 0 Å². The molecular formula is C8H13NO. The molecule has 1 aliphatic heterocycles. The van der Waals surface area contributed by atoms with Crippen LogP contribution >= 0.6 is 0 Å². The van der Waals surface area contributed by atoms with E-state index in [0.29, 0.717) is 0 Å². The molecular weight excluding hydrogens is 126 g/mol. The highest BCUT2D eigenvalue weighted by molar-refractivity contribution is 5.19. The Bertz CT molecular complexity index is 149. The second-order valence-electron chi connectivity index (χ2n) is 2.92. The summed E-state index contributed by atoms with van der Waals surface area (Å²) in [5.41, 5.74) is 2.97. The number of rotatable bonds is 0. The maximum Gasteiger partial charge on any atom is 0.0862 e. The molecule has 1 N–H and O–H groups in total. The number of morpholine rings is 1. The quantitative estimate of drug-likeness (QED) is 0.541. The summed E-state index contributed by atoms with van der Waals surface area (Å²) < 4.78 is 5.32. The van der Waals surface area contributed by atoms with Gasteiger partial charge in [0.05, 0.1) is 13.2 Å². The molecule has 1 aliphatic carbocycles. The van der Waals surface area contributed by atoms with Gasteiger partial charge in [-0.15, -0.1) is 0 Å². The van der Waals surface area contributed by atoms with Gasteiger partial charge in [0.2, 0.25) is 0 Å². The summed E-state index contributed by atoms with van der Waals surface area (Å²) in [6, 6.07) is 0. The third kappa shape index (κ3) is 1.03. The Morgan fingerprint density at radius 3 is 2.70 bits per heavy atom. The van der Waals surface area contributed by atoms with Crippen LogP contribution in [-0.4, -0.2) is 19.8 Å². The predicted molar refractivity (Wildman–Crippen MR) is 39.7 cm³/mol. The number of hydrogen-bond acceptors (Lipinski definition) is 2. The van der Waals surface area contributed by atoms with E-state index in [2.05, 4.69) is 5.32 Å². The molecule has 0 bridgehead atoms. The number of allylic oxidation sites excluding steroid dienone is 1. The standard InChI is InChI=1S/C8H13NO/c1-2-7(3-1)8-6-10-5-4-9-8/h9H,1-6H2. The molecule has 2 fully saturated rings. The first kappa shape index (κ1) is 6.23. The molecule has 0 aromatic rings. The van der Waals surface area contributed by atoms with E-state index >= 15 is 0 Å². The molecule has 0 radical (unpaired) electrons. The summed E-state index contributed by atoms with van der Waals surface area (Å²) in [6.45, 7) is 2.70. The monoisotopic (exact) mass is 139 g/mol. The molecule has 0 amide bonds. The minimum absolute atomic E-state index is 0.829. The normalized spacial score (nSPS) is 25.6. The third-order valence-electron chi connectivity index (χ3n) is 2.22. The number of nitrogens with one attached hydrogen (secondary N) is 1. The van der Waals surface area contributed by atoms with E-state index in [4.69, 9.17) is 4.74 Å². The molecule has 0 aromatic carbocycles. The van der Waals surface area contributed by atoms with Crippen molar-refractivity contribution in [3.63, 3.8) is 0 Å². The molecule has 2 heteroatoms. The fourth-order valence-corrected chi connectivity index (χ4v) is 1.38. The van der Waals surface area contributed by atoms with Crippen LogP contribution in [0.25, 0.3) is 0 Å². The first-order valence-electron chi connectivity index (χ1n) is 3.99. The first-order chi connectivity index (χ1) is 4.97. The molecule has 0 aromatic heterocycles. The molecule has 1 saturated carbocycles. The average molecular weight is 139 g/mol. The van der Waals surface area contributed by atoms with Crippen LogP contribution in [0.3, 0.4) is 0 Å². The number of hydrogen-bond donors (Lipinski definition) is 1. The minimum atomic E-state index is 0.829. The fraction of sp³-hybridized carbons (Fsp3) is 0.750. The number of ether oxygens (including phenoxy) is 1. The molecule has 2 aliphatic rings. The van der Waals surface area contributed by atoms with Gasteiger partial charge in [-0.1, -0.05) is 0 Å². The Balaban J connectivity index is 2.00. The van der Waals surface area contributed by atoms with Gasteiger partial charge in [-0.25, -0.2) is 0 Å². The molecule has 56 valence electrons. The zero-order valence-electron chi connectivity index (χ0n) is 6.15. The van der Waals surface area contributed by atoms with Gasteiger partial charge < -0.3 is 10.1 Å². The van der Waals surface area contributed by atoms with Gasteiger partial charge in [-0.05, 0) is 24.8 Å². The van der Waals surface area contributed by atoms with Crippen molar-refractivity contribution >= 4 is 0 Å². The Kier molecular flexibility index (Phi) is 1.63. The maximum absolute atomic E-state index is 5.32. The second-order valence-corrected chi connectivity index (χ2v) is 2.92. The molecule has 2 nitrogen and oxygen atoms in total. The van der Waals surface area contributed by atoms with Crippen LogP contribution in [0.1, 0.15) is 19.3 Å². The maximum atomic E-state index is 5.32. The van der Waals surface area contributed by atoms with Crippen molar-refractivity contribution in [1.29, 1.82) is 0 Å². The van der Waals surface area contributed by atoms with Crippen molar-refractivity contribution in [3.05, 3.63) is 11.3 Å². The third-order valence-corrected chi connectivity index (χ3v) is 2.22. The molecule has 1 heterocycles. The van der Waals surface area contributed by atoms with E-state index in [1.165, 1.54) is 25.0 Å². The van der Waals surface area contributed by atoms with E-state index in [-0.39, 0.29) is 0 Å².